The monoisotopic (exact) mass is 268 g/mol. The predicted octanol–water partition coefficient (Wildman–Crippen LogP) is 2.68. The van der Waals surface area contributed by atoms with E-state index < -0.39 is 11.9 Å². The number of carbonyl (C=O) groups is 1. The van der Waals surface area contributed by atoms with Crippen LogP contribution in [-0.4, -0.2) is 18.6 Å². The number of amides is 1. The number of hydrogen-bond acceptors (Lipinski definition) is 3. The Balaban J connectivity index is 2.62. The molecule has 0 saturated heterocycles. The van der Waals surface area contributed by atoms with E-state index in [2.05, 4.69) is 5.32 Å². The Morgan fingerprint density at radius 2 is 2.21 bits per heavy atom. The van der Waals surface area contributed by atoms with Gasteiger partial charge in [-0.2, -0.15) is 0 Å². The average molecular weight is 268 g/mol. The lowest BCUT2D eigenvalue weighted by molar-refractivity contribution is -0.117. The number of benzene rings is 1. The van der Waals surface area contributed by atoms with Crippen molar-refractivity contribution in [3.8, 4) is 5.75 Å². The molecular weight excluding hydrogens is 247 g/mol. The summed E-state index contributed by atoms with van der Waals surface area (Å²) in [6.07, 6.45) is 2.51. The fourth-order valence-electron chi connectivity index (χ4n) is 1.64. The van der Waals surface area contributed by atoms with E-state index in [1.807, 2.05) is 6.92 Å². The van der Waals surface area contributed by atoms with Gasteiger partial charge in [0, 0.05) is 11.8 Å². The maximum absolute atomic E-state index is 13.6. The molecule has 1 unspecified atom stereocenters. The van der Waals surface area contributed by atoms with Crippen molar-refractivity contribution < 1.29 is 13.9 Å². The second-order valence-electron chi connectivity index (χ2n) is 4.32. The van der Waals surface area contributed by atoms with E-state index in [0.29, 0.717) is 18.7 Å². The molecule has 106 valence electrons. The molecule has 19 heavy (non-hydrogen) atoms. The molecule has 1 aromatic rings. The second-order valence-corrected chi connectivity index (χ2v) is 4.32. The molecule has 5 heteroatoms. The fraction of sp³-hybridized carbons (Fsp3) is 0.500. The van der Waals surface area contributed by atoms with E-state index in [1.54, 1.807) is 13.0 Å². The molecule has 1 amide bonds. The Labute approximate surface area is 113 Å². The van der Waals surface area contributed by atoms with Crippen LogP contribution in [0.25, 0.3) is 0 Å². The van der Waals surface area contributed by atoms with Gasteiger partial charge in [0.2, 0.25) is 5.91 Å². The van der Waals surface area contributed by atoms with Gasteiger partial charge in [0.05, 0.1) is 12.6 Å². The summed E-state index contributed by atoms with van der Waals surface area (Å²) in [5.74, 6) is -0.616. The molecule has 3 N–H and O–H groups in total. The van der Waals surface area contributed by atoms with Crippen molar-refractivity contribution in [1.82, 2.24) is 0 Å². The van der Waals surface area contributed by atoms with Gasteiger partial charge in [0.1, 0.15) is 0 Å². The quantitative estimate of drug-likeness (QED) is 0.799. The summed E-state index contributed by atoms with van der Waals surface area (Å²) in [5, 5.41) is 2.60. The van der Waals surface area contributed by atoms with Crippen LogP contribution in [0.2, 0.25) is 0 Å². The Hall–Kier alpha value is -1.62. The molecule has 0 aliphatic rings. The molecule has 1 aromatic carbocycles. The van der Waals surface area contributed by atoms with Gasteiger partial charge in [-0.3, -0.25) is 4.79 Å². The van der Waals surface area contributed by atoms with Gasteiger partial charge >= 0.3 is 0 Å². The van der Waals surface area contributed by atoms with Crippen LogP contribution >= 0.6 is 0 Å². The zero-order valence-corrected chi connectivity index (χ0v) is 11.4. The summed E-state index contributed by atoms with van der Waals surface area (Å²) in [5.41, 5.74) is 6.12. The largest absolute Gasteiger partial charge is 0.491 e. The van der Waals surface area contributed by atoms with E-state index in [1.165, 1.54) is 12.1 Å². The molecule has 0 aromatic heterocycles. The molecule has 0 aliphatic carbocycles. The maximum Gasteiger partial charge on any atom is 0.241 e. The zero-order valence-electron chi connectivity index (χ0n) is 11.4. The van der Waals surface area contributed by atoms with Gasteiger partial charge < -0.3 is 15.8 Å². The van der Waals surface area contributed by atoms with Crippen LogP contribution in [0.4, 0.5) is 10.1 Å². The third-order valence-corrected chi connectivity index (χ3v) is 2.70. The third kappa shape index (κ3) is 4.87. The third-order valence-electron chi connectivity index (χ3n) is 2.70. The van der Waals surface area contributed by atoms with E-state index in [9.17, 15) is 9.18 Å². The van der Waals surface area contributed by atoms with Gasteiger partial charge in [-0.15, -0.1) is 0 Å². The van der Waals surface area contributed by atoms with Gasteiger partial charge in [0.25, 0.3) is 0 Å². The van der Waals surface area contributed by atoms with Crippen LogP contribution in [0.15, 0.2) is 18.2 Å². The van der Waals surface area contributed by atoms with Crippen LogP contribution in [0, 0.1) is 5.82 Å². The summed E-state index contributed by atoms with van der Waals surface area (Å²) in [6, 6.07) is 3.76. The maximum atomic E-state index is 13.6. The number of ether oxygens (including phenoxy) is 1. The first-order valence-electron chi connectivity index (χ1n) is 6.57. The first-order valence-corrected chi connectivity index (χ1v) is 6.57. The van der Waals surface area contributed by atoms with E-state index in [-0.39, 0.29) is 11.7 Å². The van der Waals surface area contributed by atoms with Crippen LogP contribution < -0.4 is 15.8 Å². The van der Waals surface area contributed by atoms with Gasteiger partial charge in [-0.25, -0.2) is 4.39 Å². The van der Waals surface area contributed by atoms with Crippen molar-refractivity contribution in [2.24, 2.45) is 5.73 Å². The van der Waals surface area contributed by atoms with Gasteiger partial charge in [-0.05, 0) is 25.5 Å². The highest BCUT2D eigenvalue weighted by molar-refractivity contribution is 5.94. The number of carbonyl (C=O) groups excluding carboxylic acids is 1. The van der Waals surface area contributed by atoms with Crippen LogP contribution in [0.3, 0.4) is 0 Å². The molecule has 0 aliphatic heterocycles. The summed E-state index contributed by atoms with van der Waals surface area (Å²) >= 11 is 0. The highest BCUT2D eigenvalue weighted by Crippen LogP contribution is 2.21. The molecule has 0 spiro atoms. The van der Waals surface area contributed by atoms with Crippen LogP contribution in [0.1, 0.15) is 33.1 Å². The number of rotatable bonds is 7. The average Bonchev–Trinajstić information content (AvgIpc) is 2.39. The second kappa shape index (κ2) is 7.74. The first kappa shape index (κ1) is 15.4. The zero-order chi connectivity index (χ0) is 14.3. The van der Waals surface area contributed by atoms with Crippen molar-refractivity contribution in [3.63, 3.8) is 0 Å². The predicted molar refractivity (Wildman–Crippen MR) is 73.7 cm³/mol. The van der Waals surface area contributed by atoms with Crippen molar-refractivity contribution in [3.05, 3.63) is 24.0 Å². The number of nitrogens with two attached hydrogens (primary N) is 1. The number of unbranched alkanes of at least 4 members (excludes halogenated alkanes) is 1. The highest BCUT2D eigenvalue weighted by atomic mass is 19.1. The molecular formula is C14H21FN2O2. The van der Waals surface area contributed by atoms with Gasteiger partial charge in [-0.1, -0.05) is 19.8 Å². The van der Waals surface area contributed by atoms with E-state index in [0.717, 1.165) is 12.8 Å². The lowest BCUT2D eigenvalue weighted by Gasteiger charge is -2.12. The lowest BCUT2D eigenvalue weighted by atomic mass is 10.1. The summed E-state index contributed by atoms with van der Waals surface area (Å²) in [6.45, 7) is 4.21. The summed E-state index contributed by atoms with van der Waals surface area (Å²) < 4.78 is 18.7. The summed E-state index contributed by atoms with van der Waals surface area (Å²) in [4.78, 5) is 11.8. The summed E-state index contributed by atoms with van der Waals surface area (Å²) in [7, 11) is 0. The minimum Gasteiger partial charge on any atom is -0.491 e. The molecule has 0 bridgehead atoms. The van der Waals surface area contributed by atoms with Crippen molar-refractivity contribution in [2.45, 2.75) is 39.2 Å². The van der Waals surface area contributed by atoms with Crippen molar-refractivity contribution in [2.75, 3.05) is 11.9 Å². The molecule has 1 rings (SSSR count). The Morgan fingerprint density at radius 1 is 1.47 bits per heavy atom. The number of anilines is 1. The first-order chi connectivity index (χ1) is 9.08. The number of hydrogen-bond donors (Lipinski definition) is 2. The van der Waals surface area contributed by atoms with Crippen LogP contribution in [-0.2, 0) is 4.79 Å². The Bertz CT molecular complexity index is 424. The standard InChI is InChI=1S/C14H21FN2O2/c1-3-5-6-12(16)14(18)17-10-7-8-13(19-4-2)11(15)9-10/h7-9,12H,3-6,16H2,1-2H3,(H,17,18). The smallest absolute Gasteiger partial charge is 0.241 e. The van der Waals surface area contributed by atoms with Crippen molar-refractivity contribution in [1.29, 1.82) is 0 Å². The van der Waals surface area contributed by atoms with Crippen molar-refractivity contribution >= 4 is 11.6 Å². The van der Waals surface area contributed by atoms with E-state index in [4.69, 9.17) is 10.5 Å². The minimum atomic E-state index is -0.561. The molecule has 0 radical (unpaired) electrons. The molecule has 1 atom stereocenters. The normalized spacial score (nSPS) is 12.0. The van der Waals surface area contributed by atoms with Gasteiger partial charge in [0.15, 0.2) is 11.6 Å². The Kier molecular flexibility index (Phi) is 6.29. The Morgan fingerprint density at radius 3 is 2.79 bits per heavy atom. The van der Waals surface area contributed by atoms with Crippen LogP contribution in [0.5, 0.6) is 5.75 Å². The minimum absolute atomic E-state index is 0.177. The number of halogens is 1. The number of nitrogens with one attached hydrogen (secondary N) is 1. The molecule has 4 nitrogen and oxygen atoms in total. The highest BCUT2D eigenvalue weighted by Gasteiger charge is 2.13. The molecule has 0 saturated carbocycles. The SMILES string of the molecule is CCCCC(N)C(=O)Nc1ccc(OCC)c(F)c1. The lowest BCUT2D eigenvalue weighted by Crippen LogP contribution is -2.35. The molecule has 0 fully saturated rings. The molecule has 0 heterocycles. The fourth-order valence-corrected chi connectivity index (χ4v) is 1.64. The van der Waals surface area contributed by atoms with E-state index >= 15 is 0 Å². The topological polar surface area (TPSA) is 64.4 Å².